The van der Waals surface area contributed by atoms with Crippen molar-refractivity contribution in [2.24, 2.45) is 0 Å². The standard InChI is InChI=1S/C9H8BrNOS/c10-6-1-5(3-12)9-7(2-6)8(11)4-13-9/h1-2,4,12H,3,11H2. The zero-order valence-corrected chi connectivity index (χ0v) is 9.15. The molecule has 2 aromatic rings. The second-order valence-electron chi connectivity index (χ2n) is 2.79. The lowest BCUT2D eigenvalue weighted by atomic mass is 10.1. The molecule has 13 heavy (non-hydrogen) atoms. The van der Waals surface area contributed by atoms with Crippen molar-refractivity contribution in [3.8, 4) is 0 Å². The summed E-state index contributed by atoms with van der Waals surface area (Å²) in [7, 11) is 0. The molecule has 0 unspecified atom stereocenters. The Balaban J connectivity index is 2.84. The van der Waals surface area contributed by atoms with Crippen LogP contribution in [0.25, 0.3) is 10.1 Å². The van der Waals surface area contributed by atoms with Crippen LogP contribution < -0.4 is 5.73 Å². The van der Waals surface area contributed by atoms with Crippen molar-refractivity contribution in [3.63, 3.8) is 0 Å². The third-order valence-electron chi connectivity index (χ3n) is 1.92. The molecule has 4 heteroatoms. The maximum atomic E-state index is 9.11. The first-order valence-corrected chi connectivity index (χ1v) is 5.45. The third-order valence-corrected chi connectivity index (χ3v) is 3.46. The smallest absolute Gasteiger partial charge is 0.0696 e. The van der Waals surface area contributed by atoms with E-state index in [0.29, 0.717) is 0 Å². The SMILES string of the molecule is Nc1csc2c(CO)cc(Br)cc12. The number of aliphatic hydroxyl groups excluding tert-OH is 1. The van der Waals surface area contributed by atoms with Crippen LogP contribution in [0.2, 0.25) is 0 Å². The first kappa shape index (κ1) is 8.99. The molecule has 68 valence electrons. The molecule has 2 nitrogen and oxygen atoms in total. The van der Waals surface area contributed by atoms with E-state index in [0.717, 1.165) is 25.8 Å². The normalized spacial score (nSPS) is 10.9. The van der Waals surface area contributed by atoms with E-state index < -0.39 is 0 Å². The minimum Gasteiger partial charge on any atom is -0.398 e. The van der Waals surface area contributed by atoms with Crippen molar-refractivity contribution in [2.45, 2.75) is 6.61 Å². The van der Waals surface area contributed by atoms with E-state index in [1.807, 2.05) is 17.5 Å². The van der Waals surface area contributed by atoms with Gasteiger partial charge in [-0.25, -0.2) is 0 Å². The van der Waals surface area contributed by atoms with Crippen molar-refractivity contribution in [1.82, 2.24) is 0 Å². The van der Waals surface area contributed by atoms with Crippen LogP contribution >= 0.6 is 27.3 Å². The number of thiophene rings is 1. The molecule has 1 aromatic carbocycles. The van der Waals surface area contributed by atoms with Crippen molar-refractivity contribution < 1.29 is 5.11 Å². The average molecular weight is 258 g/mol. The lowest BCUT2D eigenvalue weighted by molar-refractivity contribution is 0.283. The van der Waals surface area contributed by atoms with Crippen LogP contribution in [0.15, 0.2) is 22.0 Å². The van der Waals surface area contributed by atoms with Gasteiger partial charge in [-0.2, -0.15) is 0 Å². The molecule has 0 saturated carbocycles. The van der Waals surface area contributed by atoms with Gasteiger partial charge in [-0.1, -0.05) is 15.9 Å². The summed E-state index contributed by atoms with van der Waals surface area (Å²) in [6.07, 6.45) is 0. The zero-order chi connectivity index (χ0) is 9.42. The highest BCUT2D eigenvalue weighted by Crippen LogP contribution is 2.33. The monoisotopic (exact) mass is 257 g/mol. The second-order valence-corrected chi connectivity index (χ2v) is 4.59. The van der Waals surface area contributed by atoms with Crippen LogP contribution in [0.4, 0.5) is 5.69 Å². The fourth-order valence-corrected chi connectivity index (χ4v) is 2.76. The predicted octanol–water partition coefficient (Wildman–Crippen LogP) is 2.74. The summed E-state index contributed by atoms with van der Waals surface area (Å²) in [4.78, 5) is 0. The minimum atomic E-state index is 0.0515. The number of benzene rings is 1. The van der Waals surface area contributed by atoms with E-state index >= 15 is 0 Å². The number of anilines is 1. The van der Waals surface area contributed by atoms with E-state index in [9.17, 15) is 0 Å². The fourth-order valence-electron chi connectivity index (χ4n) is 1.31. The fraction of sp³-hybridized carbons (Fsp3) is 0.111. The molecule has 0 aliphatic rings. The van der Waals surface area contributed by atoms with Gasteiger partial charge >= 0.3 is 0 Å². The Kier molecular flexibility index (Phi) is 2.27. The molecule has 0 amide bonds. The van der Waals surface area contributed by atoms with Crippen LogP contribution in [0.5, 0.6) is 0 Å². The van der Waals surface area contributed by atoms with Gasteiger partial charge in [0.2, 0.25) is 0 Å². The largest absolute Gasteiger partial charge is 0.398 e. The maximum Gasteiger partial charge on any atom is 0.0696 e. The molecule has 0 bridgehead atoms. The summed E-state index contributed by atoms with van der Waals surface area (Å²) in [6.45, 7) is 0.0515. The summed E-state index contributed by atoms with van der Waals surface area (Å²) >= 11 is 4.95. The Labute approximate surface area is 88.1 Å². The van der Waals surface area contributed by atoms with Crippen LogP contribution in [0.1, 0.15) is 5.56 Å². The average Bonchev–Trinajstić information content (AvgIpc) is 2.47. The van der Waals surface area contributed by atoms with Crippen molar-refractivity contribution in [2.75, 3.05) is 5.73 Å². The molecular weight excluding hydrogens is 250 g/mol. The number of nitrogen functional groups attached to an aromatic ring is 1. The predicted molar refractivity (Wildman–Crippen MR) is 59.9 cm³/mol. The molecule has 0 aliphatic carbocycles. The molecule has 3 N–H and O–H groups in total. The van der Waals surface area contributed by atoms with Crippen LogP contribution in [0, 0.1) is 0 Å². The van der Waals surface area contributed by atoms with Crippen molar-refractivity contribution >= 4 is 43.0 Å². The summed E-state index contributed by atoms with van der Waals surface area (Å²) in [5.74, 6) is 0. The molecule has 0 aliphatic heterocycles. The van der Waals surface area contributed by atoms with Gasteiger partial charge in [0.15, 0.2) is 0 Å². The van der Waals surface area contributed by atoms with Gasteiger partial charge in [0, 0.05) is 19.9 Å². The Morgan fingerprint density at radius 3 is 2.92 bits per heavy atom. The summed E-state index contributed by atoms with van der Waals surface area (Å²) in [5, 5.41) is 12.0. The number of nitrogens with two attached hydrogens (primary N) is 1. The number of fused-ring (bicyclic) bond motifs is 1. The minimum absolute atomic E-state index is 0.0515. The van der Waals surface area contributed by atoms with Gasteiger partial charge < -0.3 is 10.8 Å². The van der Waals surface area contributed by atoms with Gasteiger partial charge in [-0.05, 0) is 17.7 Å². The molecule has 0 saturated heterocycles. The molecule has 0 radical (unpaired) electrons. The third kappa shape index (κ3) is 1.45. The lowest BCUT2D eigenvalue weighted by Crippen LogP contribution is -1.85. The molecule has 1 heterocycles. The van der Waals surface area contributed by atoms with Crippen molar-refractivity contribution in [3.05, 3.63) is 27.5 Å². The van der Waals surface area contributed by atoms with Gasteiger partial charge in [-0.15, -0.1) is 11.3 Å². The van der Waals surface area contributed by atoms with Crippen LogP contribution in [0.3, 0.4) is 0 Å². The number of hydrogen-bond donors (Lipinski definition) is 2. The Morgan fingerprint density at radius 1 is 1.46 bits per heavy atom. The molecule has 2 rings (SSSR count). The quantitative estimate of drug-likeness (QED) is 0.826. The molecule has 0 fully saturated rings. The summed E-state index contributed by atoms with van der Waals surface area (Å²) < 4.78 is 2.03. The van der Waals surface area contributed by atoms with E-state index in [2.05, 4.69) is 15.9 Å². The summed E-state index contributed by atoms with van der Waals surface area (Å²) in [6, 6.07) is 3.89. The number of rotatable bonds is 1. The van der Waals surface area contributed by atoms with Gasteiger partial charge in [0.05, 0.1) is 12.3 Å². The van der Waals surface area contributed by atoms with Crippen LogP contribution in [-0.2, 0) is 6.61 Å². The molecule has 1 aromatic heterocycles. The van der Waals surface area contributed by atoms with Crippen molar-refractivity contribution in [1.29, 1.82) is 0 Å². The zero-order valence-electron chi connectivity index (χ0n) is 6.75. The van der Waals surface area contributed by atoms with Gasteiger partial charge in [0.25, 0.3) is 0 Å². The highest BCUT2D eigenvalue weighted by Gasteiger charge is 2.06. The second kappa shape index (κ2) is 3.29. The number of aliphatic hydroxyl groups is 1. The Morgan fingerprint density at radius 2 is 2.23 bits per heavy atom. The van der Waals surface area contributed by atoms with Gasteiger partial charge in [0.1, 0.15) is 0 Å². The number of hydrogen-bond acceptors (Lipinski definition) is 3. The maximum absolute atomic E-state index is 9.11. The molecular formula is C9H8BrNOS. The first-order valence-electron chi connectivity index (χ1n) is 3.78. The first-order chi connectivity index (χ1) is 6.22. The van der Waals surface area contributed by atoms with E-state index in [4.69, 9.17) is 10.8 Å². The van der Waals surface area contributed by atoms with Gasteiger partial charge in [-0.3, -0.25) is 0 Å². The molecule has 0 atom stereocenters. The lowest BCUT2D eigenvalue weighted by Gasteiger charge is -2.00. The van der Waals surface area contributed by atoms with E-state index in [1.165, 1.54) is 0 Å². The highest BCUT2D eigenvalue weighted by atomic mass is 79.9. The Bertz CT molecular complexity index is 452. The van der Waals surface area contributed by atoms with Crippen LogP contribution in [-0.4, -0.2) is 5.11 Å². The molecule has 0 spiro atoms. The van der Waals surface area contributed by atoms with E-state index in [1.54, 1.807) is 11.3 Å². The van der Waals surface area contributed by atoms with E-state index in [-0.39, 0.29) is 6.61 Å². The summed E-state index contributed by atoms with van der Waals surface area (Å²) in [5.41, 5.74) is 7.47. The highest BCUT2D eigenvalue weighted by molar-refractivity contribution is 9.10. The topological polar surface area (TPSA) is 46.2 Å². The Hall–Kier alpha value is -0.580. The number of halogens is 1.